The molecule has 0 aliphatic heterocycles. The molecule has 6 heteroatoms. The number of hydrogen-bond acceptors (Lipinski definition) is 5. The normalized spacial score (nSPS) is 41.1. The Balaban J connectivity index is 1.74. The van der Waals surface area contributed by atoms with Gasteiger partial charge < -0.3 is 15.2 Å². The number of ketones is 1. The molecule has 2 N–H and O–H groups in total. The van der Waals surface area contributed by atoms with Gasteiger partial charge in [-0.3, -0.25) is 9.59 Å². The molecule has 4 rings (SSSR count). The largest absolute Gasteiger partial charge is 0.478 e. The Morgan fingerprint density at radius 1 is 1.10 bits per heavy atom. The fraction of sp³-hybridized carbons (Fsp3) is 0.800. The first-order valence-corrected chi connectivity index (χ1v) is 16.2. The van der Waals surface area contributed by atoms with E-state index in [4.69, 9.17) is 4.74 Å². The molecule has 0 aromatic carbocycles. The van der Waals surface area contributed by atoms with E-state index in [1.165, 1.54) is 19.8 Å². The fourth-order valence-electron chi connectivity index (χ4n) is 10.2. The highest BCUT2D eigenvalue weighted by atomic mass is 16.5. The zero-order chi connectivity index (χ0) is 30.3. The summed E-state index contributed by atoms with van der Waals surface area (Å²) >= 11 is 0. The molecule has 41 heavy (non-hydrogen) atoms. The Kier molecular flexibility index (Phi) is 9.34. The van der Waals surface area contributed by atoms with Gasteiger partial charge in [0, 0.05) is 30.9 Å². The van der Waals surface area contributed by atoms with Crippen LogP contribution in [-0.2, 0) is 19.1 Å². The Morgan fingerprint density at radius 3 is 2.41 bits per heavy atom. The van der Waals surface area contributed by atoms with Gasteiger partial charge >= 0.3 is 11.9 Å². The number of carbonyl (C=O) groups excluding carboxylic acids is 2. The minimum absolute atomic E-state index is 0.0645. The van der Waals surface area contributed by atoms with Gasteiger partial charge in [-0.15, -0.1) is 0 Å². The van der Waals surface area contributed by atoms with Gasteiger partial charge in [-0.1, -0.05) is 52.7 Å². The number of allylic oxidation sites excluding steroid dienone is 2. The molecule has 4 aliphatic rings. The molecule has 0 amide bonds. The van der Waals surface area contributed by atoms with Crippen LogP contribution in [0, 0.1) is 39.9 Å². The average Bonchev–Trinajstić information content (AvgIpc) is 3.14. The quantitative estimate of drug-likeness (QED) is 0.131. The molecule has 4 fully saturated rings. The molecule has 0 aromatic heterocycles. The van der Waals surface area contributed by atoms with Crippen LogP contribution in [-0.4, -0.2) is 41.5 Å². The Morgan fingerprint density at radius 2 is 1.80 bits per heavy atom. The maximum Gasteiger partial charge on any atom is 0.331 e. The number of carbonyl (C=O) groups is 3. The van der Waals surface area contributed by atoms with Crippen LogP contribution >= 0.6 is 0 Å². The van der Waals surface area contributed by atoms with Gasteiger partial charge in [0.15, 0.2) is 0 Å². The summed E-state index contributed by atoms with van der Waals surface area (Å²) in [4.78, 5) is 39.5. The number of carboxylic acid groups (broad SMARTS) is 1. The highest BCUT2D eigenvalue weighted by Gasteiger charge is 2.71. The van der Waals surface area contributed by atoms with E-state index in [2.05, 4.69) is 46.0 Å². The van der Waals surface area contributed by atoms with Crippen LogP contribution in [0.15, 0.2) is 22.8 Å². The number of nitrogens with one attached hydrogen (secondary N) is 1. The molecular formula is C35H55NO5. The molecule has 4 aliphatic carbocycles. The molecule has 0 spiro atoms. The zero-order valence-corrected chi connectivity index (χ0v) is 26.9. The van der Waals surface area contributed by atoms with Gasteiger partial charge in [0.05, 0.1) is 0 Å². The van der Waals surface area contributed by atoms with Crippen LogP contribution < -0.4 is 5.32 Å². The number of aliphatic carboxylic acids is 1. The zero-order valence-electron chi connectivity index (χ0n) is 26.9. The number of fused-ring (bicyclic) bond motifs is 5. The molecule has 0 heterocycles. The van der Waals surface area contributed by atoms with Gasteiger partial charge in [0.1, 0.15) is 11.9 Å². The first-order valence-electron chi connectivity index (χ1n) is 16.2. The first kappa shape index (κ1) is 32.0. The van der Waals surface area contributed by atoms with Crippen LogP contribution in [0.25, 0.3) is 0 Å². The van der Waals surface area contributed by atoms with Crippen LogP contribution in [0.4, 0.5) is 0 Å². The lowest BCUT2D eigenvalue weighted by molar-refractivity contribution is -0.192. The van der Waals surface area contributed by atoms with Crippen molar-refractivity contribution in [2.75, 3.05) is 6.54 Å². The van der Waals surface area contributed by atoms with Crippen molar-refractivity contribution >= 4 is 17.7 Å². The van der Waals surface area contributed by atoms with Gasteiger partial charge in [0.25, 0.3) is 0 Å². The minimum Gasteiger partial charge on any atom is -0.478 e. The van der Waals surface area contributed by atoms with Crippen LogP contribution in [0.2, 0.25) is 0 Å². The molecule has 0 bridgehead atoms. The number of hydrogen-bond donors (Lipinski definition) is 2. The van der Waals surface area contributed by atoms with Crippen molar-refractivity contribution in [3.8, 4) is 0 Å². The van der Waals surface area contributed by atoms with E-state index in [1.807, 2.05) is 13.8 Å². The monoisotopic (exact) mass is 569 g/mol. The van der Waals surface area contributed by atoms with Crippen molar-refractivity contribution in [3.63, 3.8) is 0 Å². The van der Waals surface area contributed by atoms with Crippen molar-refractivity contribution in [2.24, 2.45) is 39.9 Å². The minimum atomic E-state index is -0.957. The predicted molar refractivity (Wildman–Crippen MR) is 162 cm³/mol. The summed E-state index contributed by atoms with van der Waals surface area (Å²) < 4.78 is 5.91. The van der Waals surface area contributed by atoms with Crippen LogP contribution in [0.5, 0.6) is 0 Å². The number of esters is 1. The van der Waals surface area contributed by atoms with Crippen molar-refractivity contribution < 1.29 is 24.2 Å². The second-order valence-electron chi connectivity index (χ2n) is 14.8. The lowest BCUT2D eigenvalue weighted by atomic mass is 9.36. The molecule has 6 nitrogen and oxygen atoms in total. The molecule has 0 aromatic rings. The second-order valence-corrected chi connectivity index (χ2v) is 14.8. The lowest BCUT2D eigenvalue weighted by Gasteiger charge is -2.67. The van der Waals surface area contributed by atoms with Crippen molar-refractivity contribution in [3.05, 3.63) is 22.8 Å². The molecule has 230 valence electrons. The van der Waals surface area contributed by atoms with E-state index in [-0.39, 0.29) is 28.1 Å². The molecular weight excluding hydrogens is 514 g/mol. The van der Waals surface area contributed by atoms with E-state index in [1.54, 1.807) is 0 Å². The van der Waals surface area contributed by atoms with Crippen LogP contribution in [0.1, 0.15) is 120 Å². The standard InChI is InChI=1S/C35H55NO5/c1-9-10-18-36-27-15-16-33(6)25(22(27)4)14-17-34(7)31(33)28(38)19-26-30(24(32(39)40)13-11-12-21(2)3)29(41-23(5)37)20-35(26,34)8/h12,22,25-27,29,31,36H,9-11,13-20H2,1-8H3,(H,39,40)/b30-24-/t22-,25-,26-,27?,29-,31-,33-,34-,35-/m0/s1. The topological polar surface area (TPSA) is 92.7 Å². The maximum atomic E-state index is 14.4. The van der Waals surface area contributed by atoms with Crippen molar-refractivity contribution in [1.29, 1.82) is 0 Å². The third-order valence-corrected chi connectivity index (χ3v) is 12.3. The van der Waals surface area contributed by atoms with Gasteiger partial charge in [-0.2, -0.15) is 0 Å². The van der Waals surface area contributed by atoms with Gasteiger partial charge in [-0.05, 0) is 111 Å². The summed E-state index contributed by atoms with van der Waals surface area (Å²) in [5.74, 6) is -0.348. The Hall–Kier alpha value is -1.95. The number of Topliss-reactive ketones (excluding diaryl/α,β-unsaturated/α-hetero) is 1. The predicted octanol–water partition coefficient (Wildman–Crippen LogP) is 7.27. The number of unbranched alkanes of at least 4 members (excludes halogenated alkanes) is 1. The van der Waals surface area contributed by atoms with E-state index in [9.17, 15) is 19.5 Å². The summed E-state index contributed by atoms with van der Waals surface area (Å²) in [6.45, 7) is 18.1. The lowest BCUT2D eigenvalue weighted by Crippen LogP contribution is -2.65. The summed E-state index contributed by atoms with van der Waals surface area (Å²) in [6.07, 6.45) is 9.92. The summed E-state index contributed by atoms with van der Waals surface area (Å²) in [5.41, 5.74) is 1.49. The van der Waals surface area contributed by atoms with E-state index >= 15 is 0 Å². The average molecular weight is 570 g/mol. The summed E-state index contributed by atoms with van der Waals surface area (Å²) in [5, 5.41) is 14.2. The second kappa shape index (κ2) is 12.0. The van der Waals surface area contributed by atoms with Crippen molar-refractivity contribution in [2.45, 2.75) is 132 Å². The SMILES string of the molecule is CCCCNC1CC[C@@]2(C)[C@@H](CC[C@@]3(C)[C@H]2C(=O)C[C@H]2/C(=C(\CCC=C(C)C)C(=O)O)[C@@H](OC(C)=O)C[C@@]23C)[C@@H]1C. The molecule has 1 unspecified atom stereocenters. The van der Waals surface area contributed by atoms with Gasteiger partial charge in [-0.25, -0.2) is 4.79 Å². The third-order valence-electron chi connectivity index (χ3n) is 12.3. The first-order chi connectivity index (χ1) is 19.2. The number of rotatable bonds is 9. The highest BCUT2D eigenvalue weighted by Crippen LogP contribution is 2.73. The number of carboxylic acids is 1. The smallest absolute Gasteiger partial charge is 0.331 e. The molecule has 4 saturated carbocycles. The summed E-state index contributed by atoms with van der Waals surface area (Å²) in [6, 6.07) is 0.499. The fourth-order valence-corrected chi connectivity index (χ4v) is 10.2. The van der Waals surface area contributed by atoms with E-state index in [0.29, 0.717) is 60.5 Å². The summed E-state index contributed by atoms with van der Waals surface area (Å²) in [7, 11) is 0. The van der Waals surface area contributed by atoms with E-state index < -0.39 is 18.0 Å². The number of ether oxygens (including phenoxy) is 1. The molecule has 0 radical (unpaired) electrons. The van der Waals surface area contributed by atoms with Gasteiger partial charge in [0.2, 0.25) is 0 Å². The Bertz CT molecular complexity index is 1100. The molecule has 9 atom stereocenters. The van der Waals surface area contributed by atoms with Crippen molar-refractivity contribution in [1.82, 2.24) is 5.32 Å². The van der Waals surface area contributed by atoms with Crippen LogP contribution in [0.3, 0.4) is 0 Å². The highest BCUT2D eigenvalue weighted by molar-refractivity contribution is 5.90. The maximum absolute atomic E-state index is 14.4. The van der Waals surface area contributed by atoms with E-state index in [0.717, 1.165) is 37.8 Å². The Labute approximate surface area is 248 Å². The third kappa shape index (κ3) is 5.47. The molecule has 0 saturated heterocycles.